The lowest BCUT2D eigenvalue weighted by molar-refractivity contribution is -0.0953. The first-order chi connectivity index (χ1) is 9.13. The number of allylic oxidation sites excluding steroid dienone is 2. The first kappa shape index (κ1) is 12.5. The molecule has 0 N–H and O–H groups in total. The minimum atomic E-state index is 0.638. The summed E-state index contributed by atoms with van der Waals surface area (Å²) in [5.74, 6) is 4.06. The van der Waals surface area contributed by atoms with E-state index in [1.54, 1.807) is 0 Å². The molecule has 4 aliphatic rings. The fraction of sp³-hybridized carbons (Fsp3) is 0.895. The van der Waals surface area contributed by atoms with Gasteiger partial charge in [0.2, 0.25) is 0 Å². The van der Waals surface area contributed by atoms with Crippen LogP contribution in [0.2, 0.25) is 0 Å². The summed E-state index contributed by atoms with van der Waals surface area (Å²) in [5, 5.41) is 0. The minimum Gasteiger partial charge on any atom is -0.0877 e. The quantitative estimate of drug-likeness (QED) is 0.497. The first-order valence-corrected chi connectivity index (χ1v) is 8.80. The van der Waals surface area contributed by atoms with Crippen molar-refractivity contribution < 1.29 is 0 Å². The standard InChI is InChI=1S/C19H30/c1-18-11-5-7-16(18)15-9-8-14-6-3-4-12-19(14,2)17(15)10-13-18/h5,7,14-17H,3-4,6,8-13H2,1-2H3/t14?,15-,16-,17-,18-,19-/m0/s1. The molecule has 0 heteroatoms. The average molecular weight is 258 g/mol. The molecule has 3 saturated carbocycles. The smallest absolute Gasteiger partial charge is 0.0145 e. The van der Waals surface area contributed by atoms with Gasteiger partial charge in [-0.05, 0) is 79.4 Å². The van der Waals surface area contributed by atoms with Gasteiger partial charge in [0, 0.05) is 0 Å². The number of fused-ring (bicyclic) bond motifs is 5. The molecule has 0 aromatic rings. The summed E-state index contributed by atoms with van der Waals surface area (Å²) in [4.78, 5) is 0. The summed E-state index contributed by atoms with van der Waals surface area (Å²) >= 11 is 0. The molecule has 0 spiro atoms. The van der Waals surface area contributed by atoms with E-state index in [2.05, 4.69) is 26.0 Å². The average Bonchev–Trinajstić information content (AvgIpc) is 2.79. The van der Waals surface area contributed by atoms with Gasteiger partial charge in [-0.2, -0.15) is 0 Å². The SMILES string of the molecule is C[C@@]12CC=C[C@H]1[C@@H]1CCC3CCCC[C@]3(C)[C@H]1CC2. The zero-order valence-corrected chi connectivity index (χ0v) is 12.8. The van der Waals surface area contributed by atoms with Crippen molar-refractivity contribution in [3.8, 4) is 0 Å². The Kier molecular flexibility index (Phi) is 2.71. The Morgan fingerprint density at radius 2 is 1.84 bits per heavy atom. The fourth-order valence-electron chi connectivity index (χ4n) is 6.72. The fourth-order valence-corrected chi connectivity index (χ4v) is 6.72. The molecule has 0 aromatic carbocycles. The highest BCUT2D eigenvalue weighted by Crippen LogP contribution is 2.64. The number of hydrogen-bond donors (Lipinski definition) is 0. The Balaban J connectivity index is 1.66. The third kappa shape index (κ3) is 1.64. The van der Waals surface area contributed by atoms with E-state index in [9.17, 15) is 0 Å². The van der Waals surface area contributed by atoms with Crippen LogP contribution in [0.5, 0.6) is 0 Å². The summed E-state index contributed by atoms with van der Waals surface area (Å²) in [6.45, 7) is 5.25. The topological polar surface area (TPSA) is 0 Å². The maximum absolute atomic E-state index is 2.68. The second-order valence-electron chi connectivity index (χ2n) is 8.65. The molecular weight excluding hydrogens is 228 g/mol. The molecule has 0 heterocycles. The van der Waals surface area contributed by atoms with Crippen molar-refractivity contribution in [2.75, 3.05) is 0 Å². The van der Waals surface area contributed by atoms with Crippen LogP contribution in [0.3, 0.4) is 0 Å². The number of hydrogen-bond acceptors (Lipinski definition) is 0. The highest BCUT2D eigenvalue weighted by atomic mass is 14.6. The Morgan fingerprint density at radius 1 is 0.947 bits per heavy atom. The van der Waals surface area contributed by atoms with Gasteiger partial charge < -0.3 is 0 Å². The molecule has 3 fully saturated rings. The molecule has 0 amide bonds. The number of rotatable bonds is 0. The molecule has 1 unspecified atom stereocenters. The van der Waals surface area contributed by atoms with E-state index in [1.807, 2.05) is 0 Å². The van der Waals surface area contributed by atoms with Gasteiger partial charge in [-0.3, -0.25) is 0 Å². The van der Waals surface area contributed by atoms with E-state index in [0.717, 1.165) is 23.7 Å². The Morgan fingerprint density at radius 3 is 2.74 bits per heavy atom. The zero-order chi connectivity index (χ0) is 13.1. The van der Waals surface area contributed by atoms with Gasteiger partial charge in [0.05, 0.1) is 0 Å². The van der Waals surface area contributed by atoms with Crippen LogP contribution in [-0.4, -0.2) is 0 Å². The molecule has 0 nitrogen and oxygen atoms in total. The summed E-state index contributed by atoms with van der Waals surface area (Å²) in [6, 6.07) is 0. The second-order valence-corrected chi connectivity index (χ2v) is 8.65. The molecule has 106 valence electrons. The van der Waals surface area contributed by atoms with Gasteiger partial charge in [0.15, 0.2) is 0 Å². The van der Waals surface area contributed by atoms with Crippen molar-refractivity contribution in [1.29, 1.82) is 0 Å². The van der Waals surface area contributed by atoms with Crippen molar-refractivity contribution in [3.63, 3.8) is 0 Å². The van der Waals surface area contributed by atoms with Crippen molar-refractivity contribution in [1.82, 2.24) is 0 Å². The van der Waals surface area contributed by atoms with E-state index in [-0.39, 0.29) is 0 Å². The molecule has 0 aromatic heterocycles. The van der Waals surface area contributed by atoms with Crippen LogP contribution in [0.15, 0.2) is 12.2 Å². The van der Waals surface area contributed by atoms with Crippen molar-refractivity contribution >= 4 is 0 Å². The van der Waals surface area contributed by atoms with Gasteiger partial charge in [0.1, 0.15) is 0 Å². The van der Waals surface area contributed by atoms with Gasteiger partial charge in [-0.15, -0.1) is 0 Å². The Labute approximate surface area is 119 Å². The van der Waals surface area contributed by atoms with Gasteiger partial charge in [-0.1, -0.05) is 38.8 Å². The summed E-state index contributed by atoms with van der Waals surface area (Å²) in [5.41, 5.74) is 1.35. The maximum atomic E-state index is 2.68. The summed E-state index contributed by atoms with van der Waals surface area (Å²) in [7, 11) is 0. The summed E-state index contributed by atoms with van der Waals surface area (Å²) in [6.07, 6.45) is 18.7. The Hall–Kier alpha value is -0.260. The molecule has 0 bridgehead atoms. The van der Waals surface area contributed by atoms with Crippen LogP contribution >= 0.6 is 0 Å². The molecule has 0 aliphatic heterocycles. The van der Waals surface area contributed by atoms with E-state index in [4.69, 9.17) is 0 Å². The maximum Gasteiger partial charge on any atom is -0.0145 e. The normalized spacial score (nSPS) is 56.3. The van der Waals surface area contributed by atoms with E-state index in [0.29, 0.717) is 10.8 Å². The molecule has 19 heavy (non-hydrogen) atoms. The van der Waals surface area contributed by atoms with E-state index >= 15 is 0 Å². The van der Waals surface area contributed by atoms with E-state index < -0.39 is 0 Å². The molecule has 6 atom stereocenters. The van der Waals surface area contributed by atoms with Crippen molar-refractivity contribution in [2.24, 2.45) is 34.5 Å². The lowest BCUT2D eigenvalue weighted by Crippen LogP contribution is -2.51. The van der Waals surface area contributed by atoms with Crippen LogP contribution in [0.1, 0.15) is 71.6 Å². The van der Waals surface area contributed by atoms with Crippen LogP contribution < -0.4 is 0 Å². The van der Waals surface area contributed by atoms with Crippen LogP contribution in [0.4, 0.5) is 0 Å². The lowest BCUT2D eigenvalue weighted by atomic mass is 9.45. The second kappa shape index (κ2) is 4.12. The van der Waals surface area contributed by atoms with Crippen LogP contribution in [0, 0.1) is 34.5 Å². The predicted octanol–water partition coefficient (Wildman–Crippen LogP) is 5.59. The molecule has 4 rings (SSSR count). The minimum absolute atomic E-state index is 0.638. The first-order valence-electron chi connectivity index (χ1n) is 8.80. The van der Waals surface area contributed by atoms with Gasteiger partial charge in [0.25, 0.3) is 0 Å². The predicted molar refractivity (Wildman–Crippen MR) is 80.9 cm³/mol. The third-order valence-corrected chi connectivity index (χ3v) is 7.88. The van der Waals surface area contributed by atoms with Gasteiger partial charge >= 0.3 is 0 Å². The molecular formula is C19H30. The highest BCUT2D eigenvalue weighted by Gasteiger charge is 2.56. The largest absolute Gasteiger partial charge is 0.0877 e. The molecule has 0 radical (unpaired) electrons. The highest BCUT2D eigenvalue weighted by molar-refractivity contribution is 5.15. The van der Waals surface area contributed by atoms with Gasteiger partial charge in [-0.25, -0.2) is 0 Å². The lowest BCUT2D eigenvalue weighted by Gasteiger charge is -2.59. The zero-order valence-electron chi connectivity index (χ0n) is 12.8. The monoisotopic (exact) mass is 258 g/mol. The Bertz CT molecular complexity index is 395. The van der Waals surface area contributed by atoms with E-state index in [1.165, 1.54) is 57.8 Å². The third-order valence-electron chi connectivity index (χ3n) is 7.88. The van der Waals surface area contributed by atoms with Crippen molar-refractivity contribution in [2.45, 2.75) is 71.6 Å². The van der Waals surface area contributed by atoms with Crippen LogP contribution in [0.25, 0.3) is 0 Å². The molecule has 4 aliphatic carbocycles. The van der Waals surface area contributed by atoms with Crippen LogP contribution in [-0.2, 0) is 0 Å². The van der Waals surface area contributed by atoms with Crippen molar-refractivity contribution in [3.05, 3.63) is 12.2 Å². The summed E-state index contributed by atoms with van der Waals surface area (Å²) < 4.78 is 0. The molecule has 0 saturated heterocycles.